The van der Waals surface area contributed by atoms with E-state index in [0.29, 0.717) is 26.2 Å². The summed E-state index contributed by atoms with van der Waals surface area (Å²) < 4.78 is 26.5. The summed E-state index contributed by atoms with van der Waals surface area (Å²) in [6.45, 7) is 5.37. The van der Waals surface area contributed by atoms with Gasteiger partial charge < -0.3 is 10.2 Å². The molecule has 0 saturated carbocycles. The topological polar surface area (TPSA) is 69.7 Å². The number of halogens is 2. The third kappa shape index (κ3) is 5.89. The molecule has 0 aliphatic carbocycles. The van der Waals surface area contributed by atoms with Crippen LogP contribution in [-0.4, -0.2) is 63.8 Å². The summed E-state index contributed by atoms with van der Waals surface area (Å²) in [5, 5.41) is 2.87. The third-order valence-corrected chi connectivity index (χ3v) is 5.89. The first-order chi connectivity index (χ1) is 10.7. The molecular formula is C15H25Cl2N3O3S. The molecule has 1 N–H and O–H groups in total. The number of carbonyl (C=O) groups excluding carboxylic acids is 1. The Morgan fingerprint density at radius 2 is 1.79 bits per heavy atom. The maximum atomic E-state index is 12.6. The minimum Gasteiger partial charge on any atom is -0.351 e. The second-order valence-electron chi connectivity index (χ2n) is 5.29. The van der Waals surface area contributed by atoms with E-state index in [1.807, 2.05) is 19.0 Å². The van der Waals surface area contributed by atoms with Gasteiger partial charge in [0.1, 0.15) is 4.90 Å². The maximum Gasteiger partial charge on any atom is 0.251 e. The second-order valence-corrected chi connectivity index (χ2v) is 7.61. The van der Waals surface area contributed by atoms with E-state index in [2.05, 4.69) is 5.32 Å². The molecule has 24 heavy (non-hydrogen) atoms. The van der Waals surface area contributed by atoms with Crippen LogP contribution in [0.4, 0.5) is 0 Å². The molecule has 0 radical (unpaired) electrons. The Morgan fingerprint density at radius 1 is 1.21 bits per heavy atom. The van der Waals surface area contributed by atoms with E-state index < -0.39 is 10.0 Å². The van der Waals surface area contributed by atoms with Gasteiger partial charge in [0, 0.05) is 31.7 Å². The van der Waals surface area contributed by atoms with Crippen molar-refractivity contribution >= 4 is 39.9 Å². The zero-order valence-electron chi connectivity index (χ0n) is 14.4. The van der Waals surface area contributed by atoms with Gasteiger partial charge in [0.05, 0.1) is 5.02 Å². The number of amides is 1. The second kappa shape index (κ2) is 10.2. The van der Waals surface area contributed by atoms with Gasteiger partial charge in [0.25, 0.3) is 5.91 Å². The van der Waals surface area contributed by atoms with Crippen LogP contribution in [0.25, 0.3) is 0 Å². The van der Waals surface area contributed by atoms with Crippen LogP contribution in [0.2, 0.25) is 5.02 Å². The van der Waals surface area contributed by atoms with Crippen molar-refractivity contribution in [1.82, 2.24) is 14.5 Å². The van der Waals surface area contributed by atoms with E-state index in [1.165, 1.54) is 22.5 Å². The van der Waals surface area contributed by atoms with Crippen molar-refractivity contribution in [2.24, 2.45) is 0 Å². The van der Waals surface area contributed by atoms with E-state index in [9.17, 15) is 13.2 Å². The van der Waals surface area contributed by atoms with Crippen LogP contribution in [0.3, 0.4) is 0 Å². The number of nitrogens with one attached hydrogen (secondary N) is 1. The van der Waals surface area contributed by atoms with Gasteiger partial charge in [-0.3, -0.25) is 4.79 Å². The van der Waals surface area contributed by atoms with E-state index in [1.54, 1.807) is 13.8 Å². The molecule has 0 unspecified atom stereocenters. The minimum absolute atomic E-state index is 0. The number of likely N-dealkylation sites (N-methyl/N-ethyl adjacent to an activating group) is 1. The molecule has 1 amide bonds. The molecule has 9 heteroatoms. The van der Waals surface area contributed by atoms with Crippen LogP contribution in [0, 0.1) is 0 Å². The lowest BCUT2D eigenvalue weighted by Gasteiger charge is -2.19. The zero-order chi connectivity index (χ0) is 17.6. The lowest BCUT2D eigenvalue weighted by molar-refractivity contribution is 0.0951. The predicted molar refractivity (Wildman–Crippen MR) is 99.7 cm³/mol. The first-order valence-corrected chi connectivity index (χ1v) is 9.28. The molecule has 0 aliphatic heterocycles. The molecule has 0 spiro atoms. The number of nitrogens with zero attached hydrogens (tertiary/aromatic N) is 2. The molecule has 0 heterocycles. The van der Waals surface area contributed by atoms with Gasteiger partial charge in [-0.05, 0) is 32.3 Å². The monoisotopic (exact) mass is 397 g/mol. The van der Waals surface area contributed by atoms with Crippen molar-refractivity contribution in [3.05, 3.63) is 28.8 Å². The highest BCUT2D eigenvalue weighted by Crippen LogP contribution is 2.25. The van der Waals surface area contributed by atoms with Crippen molar-refractivity contribution in [3.8, 4) is 0 Å². The van der Waals surface area contributed by atoms with Crippen LogP contribution >= 0.6 is 24.0 Å². The lowest BCUT2D eigenvalue weighted by atomic mass is 10.2. The summed E-state index contributed by atoms with van der Waals surface area (Å²) in [5.41, 5.74) is 0.277. The molecular weight excluding hydrogens is 373 g/mol. The Labute approximate surface area is 155 Å². The smallest absolute Gasteiger partial charge is 0.251 e. The Hall–Kier alpha value is -0.860. The number of benzene rings is 1. The molecule has 6 nitrogen and oxygen atoms in total. The standard InChI is InChI=1S/C15H24ClN3O3S.ClH/c1-5-19(6-2)23(21,22)14-11-12(7-8-13(14)16)15(20)17-9-10-18(3)4;/h7-8,11H,5-6,9-10H2,1-4H3,(H,17,20);1H. The fraction of sp³-hybridized carbons (Fsp3) is 0.533. The molecule has 0 aliphatic rings. The van der Waals surface area contributed by atoms with Gasteiger partial charge in [0.15, 0.2) is 0 Å². The Bertz CT molecular complexity index is 647. The van der Waals surface area contributed by atoms with Crippen LogP contribution in [0.5, 0.6) is 0 Å². The highest BCUT2D eigenvalue weighted by atomic mass is 35.5. The molecule has 0 fully saturated rings. The van der Waals surface area contributed by atoms with Crippen molar-refractivity contribution < 1.29 is 13.2 Å². The summed E-state index contributed by atoms with van der Waals surface area (Å²) in [4.78, 5) is 14.0. The summed E-state index contributed by atoms with van der Waals surface area (Å²) in [6, 6.07) is 4.30. The highest BCUT2D eigenvalue weighted by molar-refractivity contribution is 7.89. The molecule has 0 saturated heterocycles. The van der Waals surface area contributed by atoms with E-state index in [0.717, 1.165) is 0 Å². The molecule has 1 aromatic rings. The van der Waals surface area contributed by atoms with Crippen LogP contribution in [0.1, 0.15) is 24.2 Å². The number of carbonyl (C=O) groups is 1. The first kappa shape index (κ1) is 23.1. The third-order valence-electron chi connectivity index (χ3n) is 3.36. The fourth-order valence-electron chi connectivity index (χ4n) is 2.04. The number of hydrogen-bond acceptors (Lipinski definition) is 4. The Kier molecular flexibility index (Phi) is 9.84. The van der Waals surface area contributed by atoms with Crippen LogP contribution in [0.15, 0.2) is 23.1 Å². The first-order valence-electron chi connectivity index (χ1n) is 7.46. The Morgan fingerprint density at radius 3 is 2.29 bits per heavy atom. The van der Waals surface area contributed by atoms with Crippen molar-refractivity contribution in [3.63, 3.8) is 0 Å². The zero-order valence-corrected chi connectivity index (χ0v) is 16.8. The number of sulfonamides is 1. The minimum atomic E-state index is -3.71. The van der Waals surface area contributed by atoms with Gasteiger partial charge in [-0.25, -0.2) is 8.42 Å². The van der Waals surface area contributed by atoms with Gasteiger partial charge in [-0.1, -0.05) is 25.4 Å². The predicted octanol–water partition coefficient (Wildman–Crippen LogP) is 2.08. The number of hydrogen-bond donors (Lipinski definition) is 1. The summed E-state index contributed by atoms with van der Waals surface area (Å²) in [5.74, 6) is -0.320. The maximum absolute atomic E-state index is 12.6. The van der Waals surface area contributed by atoms with Crippen molar-refractivity contribution in [2.75, 3.05) is 40.3 Å². The molecule has 0 atom stereocenters. The molecule has 0 aromatic heterocycles. The number of rotatable bonds is 8. The molecule has 1 rings (SSSR count). The van der Waals surface area contributed by atoms with E-state index in [4.69, 9.17) is 11.6 Å². The summed E-state index contributed by atoms with van der Waals surface area (Å²) in [6.07, 6.45) is 0. The van der Waals surface area contributed by atoms with Crippen molar-refractivity contribution in [1.29, 1.82) is 0 Å². The molecule has 0 bridgehead atoms. The average Bonchev–Trinajstić information content (AvgIpc) is 2.47. The average molecular weight is 398 g/mol. The van der Waals surface area contributed by atoms with Crippen molar-refractivity contribution in [2.45, 2.75) is 18.7 Å². The normalized spacial score (nSPS) is 11.5. The van der Waals surface area contributed by atoms with Gasteiger partial charge in [-0.15, -0.1) is 12.4 Å². The summed E-state index contributed by atoms with van der Waals surface area (Å²) in [7, 11) is 0.103. The molecule has 138 valence electrons. The quantitative estimate of drug-likeness (QED) is 0.728. The van der Waals surface area contributed by atoms with Crippen LogP contribution < -0.4 is 5.32 Å². The lowest BCUT2D eigenvalue weighted by Crippen LogP contribution is -2.32. The molecule has 1 aromatic carbocycles. The van der Waals surface area contributed by atoms with Gasteiger partial charge in [0.2, 0.25) is 10.0 Å². The fourth-order valence-corrected chi connectivity index (χ4v) is 4.00. The van der Waals surface area contributed by atoms with Gasteiger partial charge >= 0.3 is 0 Å². The largest absolute Gasteiger partial charge is 0.351 e. The SMILES string of the molecule is CCN(CC)S(=O)(=O)c1cc(C(=O)NCCN(C)C)ccc1Cl.Cl. The van der Waals surface area contributed by atoms with Crippen LogP contribution in [-0.2, 0) is 10.0 Å². The van der Waals surface area contributed by atoms with E-state index >= 15 is 0 Å². The van der Waals surface area contributed by atoms with Gasteiger partial charge in [-0.2, -0.15) is 4.31 Å². The highest BCUT2D eigenvalue weighted by Gasteiger charge is 2.25. The Balaban J connectivity index is 0.00000529. The summed E-state index contributed by atoms with van der Waals surface area (Å²) >= 11 is 6.05. The van der Waals surface area contributed by atoms with E-state index in [-0.39, 0.29) is 33.8 Å².